The molecule has 2 aliphatic heterocycles. The number of amides is 2. The summed E-state index contributed by atoms with van der Waals surface area (Å²) in [4.78, 5) is 26.4. The summed E-state index contributed by atoms with van der Waals surface area (Å²) in [5.41, 5.74) is 3.99. The van der Waals surface area contributed by atoms with E-state index in [1.165, 1.54) is 5.56 Å². The van der Waals surface area contributed by atoms with E-state index in [1.807, 2.05) is 18.2 Å². The normalized spacial score (nSPS) is 16.5. The first kappa shape index (κ1) is 22.3. The van der Waals surface area contributed by atoms with Gasteiger partial charge in [-0.1, -0.05) is 30.3 Å². The van der Waals surface area contributed by atoms with Gasteiger partial charge in [-0.15, -0.1) is 0 Å². The summed E-state index contributed by atoms with van der Waals surface area (Å²) in [5, 5.41) is 5.79. The van der Waals surface area contributed by atoms with Crippen molar-refractivity contribution in [3.8, 4) is 5.75 Å². The average Bonchev–Trinajstić information content (AvgIpc) is 3.20. The summed E-state index contributed by atoms with van der Waals surface area (Å²) < 4.78 is 11.0. The fourth-order valence-electron chi connectivity index (χ4n) is 4.29. The SMILES string of the molecule is COCCNC(=O)C1CCN(Cc2ccc(COc3cccc4c3CNC4=O)cc2)CC1. The number of ether oxygens (including phenoxy) is 2. The third-order valence-electron chi connectivity index (χ3n) is 6.19. The van der Waals surface area contributed by atoms with E-state index in [-0.39, 0.29) is 17.7 Å². The molecule has 0 saturated carbocycles. The Labute approximate surface area is 189 Å². The fraction of sp³-hybridized carbons (Fsp3) is 0.440. The van der Waals surface area contributed by atoms with Gasteiger partial charge < -0.3 is 20.1 Å². The number of hydrogen-bond acceptors (Lipinski definition) is 5. The number of carbonyl (C=O) groups excluding carboxylic acids is 2. The van der Waals surface area contributed by atoms with Gasteiger partial charge >= 0.3 is 0 Å². The van der Waals surface area contributed by atoms with E-state index in [4.69, 9.17) is 9.47 Å². The Morgan fingerprint density at radius 1 is 1.12 bits per heavy atom. The Morgan fingerprint density at radius 2 is 1.88 bits per heavy atom. The number of likely N-dealkylation sites (tertiary alicyclic amines) is 1. The molecule has 32 heavy (non-hydrogen) atoms. The first-order valence-electron chi connectivity index (χ1n) is 11.2. The van der Waals surface area contributed by atoms with Gasteiger partial charge in [0.25, 0.3) is 5.91 Å². The van der Waals surface area contributed by atoms with Gasteiger partial charge in [-0.25, -0.2) is 0 Å². The second-order valence-electron chi connectivity index (χ2n) is 8.40. The van der Waals surface area contributed by atoms with Crippen LogP contribution >= 0.6 is 0 Å². The molecule has 2 aliphatic rings. The molecule has 0 radical (unpaired) electrons. The molecule has 2 amide bonds. The third-order valence-corrected chi connectivity index (χ3v) is 6.19. The maximum absolute atomic E-state index is 12.2. The van der Waals surface area contributed by atoms with Gasteiger partial charge in [0.15, 0.2) is 0 Å². The van der Waals surface area contributed by atoms with Crippen molar-refractivity contribution in [2.45, 2.75) is 32.5 Å². The zero-order valence-corrected chi connectivity index (χ0v) is 18.6. The molecule has 2 heterocycles. The van der Waals surface area contributed by atoms with Crippen LogP contribution in [0.4, 0.5) is 0 Å². The Kier molecular flexibility index (Phi) is 7.39. The van der Waals surface area contributed by atoms with Crippen LogP contribution in [-0.4, -0.2) is 50.1 Å². The molecule has 170 valence electrons. The highest BCUT2D eigenvalue weighted by Crippen LogP contribution is 2.27. The van der Waals surface area contributed by atoms with Crippen molar-refractivity contribution in [3.63, 3.8) is 0 Å². The lowest BCUT2D eigenvalue weighted by Gasteiger charge is -2.31. The van der Waals surface area contributed by atoms with E-state index >= 15 is 0 Å². The van der Waals surface area contributed by atoms with Crippen molar-refractivity contribution in [3.05, 3.63) is 64.7 Å². The zero-order valence-electron chi connectivity index (χ0n) is 18.6. The molecule has 0 unspecified atom stereocenters. The maximum atomic E-state index is 12.2. The van der Waals surface area contributed by atoms with E-state index < -0.39 is 0 Å². The third kappa shape index (κ3) is 5.47. The highest BCUT2D eigenvalue weighted by molar-refractivity contribution is 5.99. The molecule has 0 aliphatic carbocycles. The first-order valence-corrected chi connectivity index (χ1v) is 11.2. The van der Waals surface area contributed by atoms with Gasteiger partial charge in [-0.2, -0.15) is 0 Å². The molecule has 0 aromatic heterocycles. The van der Waals surface area contributed by atoms with Gasteiger partial charge in [0, 0.05) is 43.8 Å². The molecule has 0 atom stereocenters. The van der Waals surface area contributed by atoms with E-state index in [0.717, 1.165) is 49.4 Å². The number of piperidine rings is 1. The second kappa shape index (κ2) is 10.6. The van der Waals surface area contributed by atoms with Crippen molar-refractivity contribution >= 4 is 11.8 Å². The van der Waals surface area contributed by atoms with E-state index in [1.54, 1.807) is 7.11 Å². The molecule has 7 heteroatoms. The topological polar surface area (TPSA) is 79.9 Å². The van der Waals surface area contributed by atoms with Crippen molar-refractivity contribution in [1.29, 1.82) is 0 Å². The van der Waals surface area contributed by atoms with E-state index in [0.29, 0.717) is 31.9 Å². The molecular weight excluding hydrogens is 406 g/mol. The number of methoxy groups -OCH3 is 1. The number of nitrogens with one attached hydrogen (secondary N) is 2. The molecular formula is C25H31N3O4. The summed E-state index contributed by atoms with van der Waals surface area (Å²) >= 11 is 0. The van der Waals surface area contributed by atoms with Crippen molar-refractivity contribution in [2.24, 2.45) is 5.92 Å². The number of rotatable bonds is 9. The van der Waals surface area contributed by atoms with Crippen LogP contribution in [0.1, 0.15) is 39.9 Å². The lowest BCUT2D eigenvalue weighted by molar-refractivity contribution is -0.126. The van der Waals surface area contributed by atoms with Crippen molar-refractivity contribution < 1.29 is 19.1 Å². The van der Waals surface area contributed by atoms with Crippen LogP contribution in [0, 0.1) is 5.92 Å². The molecule has 1 saturated heterocycles. The molecule has 2 N–H and O–H groups in total. The average molecular weight is 438 g/mol. The largest absolute Gasteiger partial charge is 0.489 e. The predicted octanol–water partition coefficient (Wildman–Crippen LogP) is 2.48. The Bertz CT molecular complexity index is 937. The highest BCUT2D eigenvalue weighted by atomic mass is 16.5. The van der Waals surface area contributed by atoms with Gasteiger partial charge in [-0.3, -0.25) is 14.5 Å². The predicted molar refractivity (Wildman–Crippen MR) is 121 cm³/mol. The van der Waals surface area contributed by atoms with Gasteiger partial charge in [0.2, 0.25) is 5.91 Å². The fourth-order valence-corrected chi connectivity index (χ4v) is 4.29. The number of nitrogens with zero attached hydrogens (tertiary/aromatic N) is 1. The number of benzene rings is 2. The molecule has 1 fully saturated rings. The van der Waals surface area contributed by atoms with Crippen LogP contribution in [0.3, 0.4) is 0 Å². The molecule has 7 nitrogen and oxygen atoms in total. The van der Waals surface area contributed by atoms with Crippen LogP contribution in [0.5, 0.6) is 5.75 Å². The lowest BCUT2D eigenvalue weighted by Crippen LogP contribution is -2.41. The van der Waals surface area contributed by atoms with Crippen LogP contribution in [0.25, 0.3) is 0 Å². The van der Waals surface area contributed by atoms with E-state index in [9.17, 15) is 9.59 Å². The first-order chi connectivity index (χ1) is 15.6. The molecule has 0 spiro atoms. The van der Waals surface area contributed by atoms with Crippen molar-refractivity contribution in [1.82, 2.24) is 15.5 Å². The number of hydrogen-bond donors (Lipinski definition) is 2. The monoisotopic (exact) mass is 437 g/mol. The van der Waals surface area contributed by atoms with Crippen LogP contribution in [0.2, 0.25) is 0 Å². The Balaban J connectivity index is 1.23. The van der Waals surface area contributed by atoms with E-state index in [2.05, 4.69) is 39.8 Å². The van der Waals surface area contributed by atoms with Crippen LogP contribution < -0.4 is 15.4 Å². The van der Waals surface area contributed by atoms with Gasteiger partial charge in [0.05, 0.1) is 6.61 Å². The standard InChI is InChI=1S/C25H31N3O4/c1-31-14-11-26-24(29)20-9-12-28(13-10-20)16-18-5-7-19(8-6-18)17-32-23-4-2-3-21-22(23)15-27-25(21)30/h2-8,20H,9-17H2,1H3,(H,26,29)(H,27,30). The van der Waals surface area contributed by atoms with Crippen LogP contribution in [-0.2, 0) is 29.2 Å². The Hall–Kier alpha value is -2.90. The lowest BCUT2D eigenvalue weighted by atomic mass is 9.95. The molecule has 2 aromatic rings. The summed E-state index contributed by atoms with van der Waals surface area (Å²) in [5.74, 6) is 0.979. The summed E-state index contributed by atoms with van der Waals surface area (Å²) in [7, 11) is 1.64. The number of carbonyl (C=O) groups is 2. The summed E-state index contributed by atoms with van der Waals surface area (Å²) in [6, 6.07) is 14.1. The minimum atomic E-state index is -0.0365. The smallest absolute Gasteiger partial charge is 0.252 e. The maximum Gasteiger partial charge on any atom is 0.252 e. The minimum absolute atomic E-state index is 0.0365. The van der Waals surface area contributed by atoms with Crippen molar-refractivity contribution in [2.75, 3.05) is 33.4 Å². The molecule has 2 aromatic carbocycles. The van der Waals surface area contributed by atoms with Gasteiger partial charge in [0.1, 0.15) is 12.4 Å². The summed E-state index contributed by atoms with van der Waals surface area (Å²) in [6.45, 7) is 4.87. The highest BCUT2D eigenvalue weighted by Gasteiger charge is 2.25. The quantitative estimate of drug-likeness (QED) is 0.590. The van der Waals surface area contributed by atoms with Crippen LogP contribution in [0.15, 0.2) is 42.5 Å². The Morgan fingerprint density at radius 3 is 2.62 bits per heavy atom. The second-order valence-corrected chi connectivity index (χ2v) is 8.40. The number of fused-ring (bicyclic) bond motifs is 1. The zero-order chi connectivity index (χ0) is 22.3. The minimum Gasteiger partial charge on any atom is -0.489 e. The summed E-state index contributed by atoms with van der Waals surface area (Å²) in [6.07, 6.45) is 1.78. The van der Waals surface area contributed by atoms with Gasteiger partial charge in [-0.05, 0) is 49.2 Å². The molecule has 0 bridgehead atoms. The molecule has 4 rings (SSSR count).